The second kappa shape index (κ2) is 6.37. The van der Waals surface area contributed by atoms with Crippen LogP contribution in [-0.4, -0.2) is 12.1 Å². The van der Waals surface area contributed by atoms with Crippen molar-refractivity contribution in [2.45, 2.75) is 39.2 Å². The zero-order chi connectivity index (χ0) is 13.7. The number of carbonyl (C=O) groups is 1. The van der Waals surface area contributed by atoms with Crippen molar-refractivity contribution in [1.29, 1.82) is 0 Å². The van der Waals surface area contributed by atoms with E-state index >= 15 is 0 Å². The Kier molecular flexibility index (Phi) is 4.56. The van der Waals surface area contributed by atoms with Crippen LogP contribution in [0.2, 0.25) is 0 Å². The van der Waals surface area contributed by atoms with Gasteiger partial charge in [0.15, 0.2) is 0 Å². The summed E-state index contributed by atoms with van der Waals surface area (Å²) in [5, 5.41) is 0. The van der Waals surface area contributed by atoms with E-state index in [-0.39, 0.29) is 12.1 Å². The average molecular weight is 256 g/mol. The maximum atomic E-state index is 11.3. The van der Waals surface area contributed by atoms with Crippen LogP contribution in [-0.2, 0) is 16.0 Å². The quantitative estimate of drug-likeness (QED) is 0.765. The molecular formula is C17H20O2. The number of esters is 1. The lowest BCUT2D eigenvalue weighted by molar-refractivity contribution is -0.144. The Morgan fingerprint density at radius 1 is 1.21 bits per heavy atom. The first-order valence-electron chi connectivity index (χ1n) is 6.75. The van der Waals surface area contributed by atoms with Crippen molar-refractivity contribution in [3.05, 3.63) is 59.2 Å². The third kappa shape index (κ3) is 3.82. The van der Waals surface area contributed by atoms with Crippen LogP contribution in [0.25, 0.3) is 0 Å². The zero-order valence-corrected chi connectivity index (χ0v) is 11.6. The van der Waals surface area contributed by atoms with Crippen LogP contribution >= 0.6 is 0 Å². The van der Waals surface area contributed by atoms with Gasteiger partial charge in [-0.3, -0.25) is 4.79 Å². The first-order valence-corrected chi connectivity index (χ1v) is 6.75. The average Bonchev–Trinajstić information content (AvgIpc) is 2.39. The highest BCUT2D eigenvalue weighted by molar-refractivity contribution is 5.66. The van der Waals surface area contributed by atoms with E-state index in [1.807, 2.05) is 18.2 Å². The first-order chi connectivity index (χ1) is 9.16. The molecule has 1 aliphatic rings. The van der Waals surface area contributed by atoms with Crippen molar-refractivity contribution in [3.63, 3.8) is 0 Å². The molecule has 0 saturated carbocycles. The number of rotatable bonds is 4. The summed E-state index contributed by atoms with van der Waals surface area (Å²) >= 11 is 0. The summed E-state index contributed by atoms with van der Waals surface area (Å²) < 4.78 is 5.52. The summed E-state index contributed by atoms with van der Waals surface area (Å²) in [7, 11) is 0. The fraction of sp³-hybridized carbons (Fsp3) is 0.353. The van der Waals surface area contributed by atoms with E-state index in [4.69, 9.17) is 4.74 Å². The molecule has 0 aromatic heterocycles. The van der Waals surface area contributed by atoms with Gasteiger partial charge >= 0.3 is 5.97 Å². The number of ether oxygens (including phenoxy) is 1. The van der Waals surface area contributed by atoms with Gasteiger partial charge in [-0.2, -0.15) is 0 Å². The molecule has 0 fully saturated rings. The third-order valence-electron chi connectivity index (χ3n) is 3.36. The zero-order valence-electron chi connectivity index (χ0n) is 11.6. The normalized spacial score (nSPS) is 16.3. The molecule has 1 unspecified atom stereocenters. The number of allylic oxidation sites excluding steroid dienone is 2. The van der Waals surface area contributed by atoms with Gasteiger partial charge in [-0.15, -0.1) is 0 Å². The fourth-order valence-corrected chi connectivity index (χ4v) is 2.45. The monoisotopic (exact) mass is 256 g/mol. The van der Waals surface area contributed by atoms with Crippen LogP contribution < -0.4 is 0 Å². The van der Waals surface area contributed by atoms with Crippen molar-refractivity contribution in [2.24, 2.45) is 0 Å². The van der Waals surface area contributed by atoms with Crippen molar-refractivity contribution in [3.8, 4) is 0 Å². The molecule has 2 heteroatoms. The van der Waals surface area contributed by atoms with Crippen molar-refractivity contribution in [2.75, 3.05) is 0 Å². The van der Waals surface area contributed by atoms with Crippen LogP contribution in [0.1, 0.15) is 32.3 Å². The Morgan fingerprint density at radius 2 is 1.89 bits per heavy atom. The second-order valence-electron chi connectivity index (χ2n) is 4.91. The van der Waals surface area contributed by atoms with Gasteiger partial charge in [0.2, 0.25) is 0 Å². The highest BCUT2D eigenvalue weighted by Gasteiger charge is 2.20. The predicted molar refractivity (Wildman–Crippen MR) is 76.8 cm³/mol. The molecule has 1 aliphatic carbocycles. The van der Waals surface area contributed by atoms with E-state index in [2.05, 4.69) is 31.2 Å². The van der Waals surface area contributed by atoms with E-state index in [0.717, 1.165) is 24.8 Å². The molecule has 1 aromatic rings. The molecule has 1 aromatic carbocycles. The molecule has 1 atom stereocenters. The molecule has 0 N–H and O–H groups in total. The summed E-state index contributed by atoms with van der Waals surface area (Å²) in [4.78, 5) is 11.3. The molecule has 0 heterocycles. The fourth-order valence-electron chi connectivity index (χ4n) is 2.45. The Balaban J connectivity index is 2.19. The molecule has 2 nitrogen and oxygen atoms in total. The Bertz CT molecular complexity index is 497. The topological polar surface area (TPSA) is 26.3 Å². The van der Waals surface area contributed by atoms with Gasteiger partial charge in [0.1, 0.15) is 6.10 Å². The molecule has 0 bridgehead atoms. The summed E-state index contributed by atoms with van der Waals surface area (Å²) in [6, 6.07) is 10.2. The maximum absolute atomic E-state index is 11.3. The molecule has 0 radical (unpaired) electrons. The smallest absolute Gasteiger partial charge is 0.303 e. The Hall–Kier alpha value is -1.83. The lowest BCUT2D eigenvalue weighted by Gasteiger charge is -2.23. The number of carbonyl (C=O) groups excluding carboxylic acids is 1. The van der Waals surface area contributed by atoms with Gasteiger partial charge in [0, 0.05) is 13.3 Å². The Labute approximate surface area is 114 Å². The molecule has 0 aliphatic heterocycles. The van der Waals surface area contributed by atoms with Gasteiger partial charge in [-0.25, -0.2) is 0 Å². The number of benzene rings is 1. The van der Waals surface area contributed by atoms with Crippen LogP contribution in [0.5, 0.6) is 0 Å². The summed E-state index contributed by atoms with van der Waals surface area (Å²) in [6.45, 7) is 3.56. The van der Waals surface area contributed by atoms with Crippen molar-refractivity contribution < 1.29 is 9.53 Å². The SMILES string of the molecule is CC(=O)OC(Cc1ccccc1)C1=CCCC=C1C. The van der Waals surface area contributed by atoms with Crippen LogP contribution in [0.4, 0.5) is 0 Å². The van der Waals surface area contributed by atoms with E-state index in [1.165, 1.54) is 18.1 Å². The van der Waals surface area contributed by atoms with Crippen LogP contribution in [0.15, 0.2) is 53.6 Å². The van der Waals surface area contributed by atoms with E-state index < -0.39 is 0 Å². The molecule has 0 amide bonds. The highest BCUT2D eigenvalue weighted by atomic mass is 16.5. The maximum Gasteiger partial charge on any atom is 0.303 e. The third-order valence-corrected chi connectivity index (χ3v) is 3.36. The van der Waals surface area contributed by atoms with E-state index in [0.29, 0.717) is 0 Å². The number of hydrogen-bond acceptors (Lipinski definition) is 2. The van der Waals surface area contributed by atoms with E-state index in [1.54, 1.807) is 0 Å². The molecule has 19 heavy (non-hydrogen) atoms. The standard InChI is InChI=1S/C17H20O2/c1-13-8-6-7-11-16(13)17(19-14(2)18)12-15-9-4-3-5-10-15/h3-5,8-11,17H,6-7,12H2,1-2H3. The molecule has 2 rings (SSSR count). The van der Waals surface area contributed by atoms with Gasteiger partial charge < -0.3 is 4.74 Å². The summed E-state index contributed by atoms with van der Waals surface area (Å²) in [5.41, 5.74) is 3.58. The molecule has 100 valence electrons. The lowest BCUT2D eigenvalue weighted by Crippen LogP contribution is -2.23. The first kappa shape index (κ1) is 13.6. The van der Waals surface area contributed by atoms with E-state index in [9.17, 15) is 4.79 Å². The van der Waals surface area contributed by atoms with Crippen molar-refractivity contribution >= 4 is 5.97 Å². The minimum atomic E-state index is -0.222. The Morgan fingerprint density at radius 3 is 2.53 bits per heavy atom. The largest absolute Gasteiger partial charge is 0.457 e. The van der Waals surface area contributed by atoms with Gasteiger partial charge in [-0.1, -0.05) is 42.5 Å². The minimum absolute atomic E-state index is 0.170. The summed E-state index contributed by atoms with van der Waals surface area (Å²) in [6.07, 6.45) is 7.09. The number of hydrogen-bond donors (Lipinski definition) is 0. The predicted octanol–water partition coefficient (Wildman–Crippen LogP) is 3.83. The van der Waals surface area contributed by atoms with Gasteiger partial charge in [-0.05, 0) is 36.5 Å². The summed E-state index contributed by atoms with van der Waals surface area (Å²) in [5.74, 6) is -0.222. The highest BCUT2D eigenvalue weighted by Crippen LogP contribution is 2.25. The van der Waals surface area contributed by atoms with Crippen LogP contribution in [0.3, 0.4) is 0 Å². The molecule has 0 saturated heterocycles. The van der Waals surface area contributed by atoms with Crippen LogP contribution in [0, 0.1) is 0 Å². The van der Waals surface area contributed by atoms with Gasteiger partial charge in [0.05, 0.1) is 0 Å². The molecule has 0 spiro atoms. The molecular weight excluding hydrogens is 236 g/mol. The lowest BCUT2D eigenvalue weighted by atomic mass is 9.91. The second-order valence-corrected chi connectivity index (χ2v) is 4.91. The minimum Gasteiger partial charge on any atom is -0.457 e. The van der Waals surface area contributed by atoms with Gasteiger partial charge in [0.25, 0.3) is 0 Å². The van der Waals surface area contributed by atoms with Crippen molar-refractivity contribution in [1.82, 2.24) is 0 Å².